The number of esters is 1. The fourth-order valence-corrected chi connectivity index (χ4v) is 3.47. The highest BCUT2D eigenvalue weighted by Gasteiger charge is 2.40. The maximum atomic E-state index is 12.3. The third-order valence-corrected chi connectivity index (χ3v) is 5.16. The van der Waals surface area contributed by atoms with Gasteiger partial charge in [-0.25, -0.2) is 0 Å². The summed E-state index contributed by atoms with van der Waals surface area (Å²) in [5, 5.41) is 0. The molecule has 0 saturated heterocycles. The van der Waals surface area contributed by atoms with E-state index in [0.29, 0.717) is 5.92 Å². The van der Waals surface area contributed by atoms with Crippen LogP contribution in [-0.2, 0) is 9.53 Å². The molecule has 2 unspecified atom stereocenters. The van der Waals surface area contributed by atoms with Crippen LogP contribution in [0.25, 0.3) is 0 Å². The Morgan fingerprint density at radius 3 is 2.58 bits per heavy atom. The summed E-state index contributed by atoms with van der Waals surface area (Å²) in [4.78, 5) is 12.3. The van der Waals surface area contributed by atoms with Crippen LogP contribution in [0.5, 0.6) is 0 Å². The van der Waals surface area contributed by atoms with E-state index in [-0.39, 0.29) is 12.1 Å². The lowest BCUT2D eigenvalue weighted by atomic mass is 9.77. The summed E-state index contributed by atoms with van der Waals surface area (Å²) >= 11 is 0. The molecule has 0 aromatic carbocycles. The zero-order valence-electron chi connectivity index (χ0n) is 12.5. The highest BCUT2D eigenvalue weighted by Crippen LogP contribution is 2.33. The zero-order valence-corrected chi connectivity index (χ0v) is 12.5. The summed E-state index contributed by atoms with van der Waals surface area (Å²) in [7, 11) is 0. The molecule has 0 aliphatic heterocycles. The van der Waals surface area contributed by atoms with E-state index >= 15 is 0 Å². The topological polar surface area (TPSA) is 52.3 Å². The summed E-state index contributed by atoms with van der Waals surface area (Å²) in [6, 6.07) is 0. The number of hydrogen-bond donors (Lipinski definition) is 1. The van der Waals surface area contributed by atoms with Crippen LogP contribution in [0.15, 0.2) is 0 Å². The van der Waals surface area contributed by atoms with Crippen molar-refractivity contribution in [3.63, 3.8) is 0 Å². The van der Waals surface area contributed by atoms with Crippen molar-refractivity contribution in [3.8, 4) is 0 Å². The van der Waals surface area contributed by atoms with Crippen molar-refractivity contribution in [1.82, 2.24) is 0 Å². The maximum absolute atomic E-state index is 12.3. The lowest BCUT2D eigenvalue weighted by Crippen LogP contribution is -2.52. The fraction of sp³-hybridized carbons (Fsp3) is 0.938. The van der Waals surface area contributed by atoms with Crippen molar-refractivity contribution in [1.29, 1.82) is 0 Å². The molecule has 2 aliphatic carbocycles. The number of carbonyl (C=O) groups is 1. The van der Waals surface area contributed by atoms with Gasteiger partial charge in [-0.1, -0.05) is 26.7 Å². The van der Waals surface area contributed by atoms with Crippen molar-refractivity contribution in [2.24, 2.45) is 17.6 Å². The third kappa shape index (κ3) is 3.71. The zero-order chi connectivity index (χ0) is 13.9. The van der Waals surface area contributed by atoms with Gasteiger partial charge in [0, 0.05) is 0 Å². The average Bonchev–Trinajstić information content (AvgIpc) is 2.42. The Kier molecular flexibility index (Phi) is 4.88. The molecule has 2 aliphatic rings. The molecular formula is C16H29NO2. The molecule has 0 bridgehead atoms. The molecule has 0 heterocycles. The molecule has 2 saturated carbocycles. The van der Waals surface area contributed by atoms with Crippen LogP contribution in [0.2, 0.25) is 0 Å². The van der Waals surface area contributed by atoms with Crippen LogP contribution in [0.4, 0.5) is 0 Å². The monoisotopic (exact) mass is 267 g/mol. The first-order chi connectivity index (χ1) is 9.03. The van der Waals surface area contributed by atoms with Crippen LogP contribution >= 0.6 is 0 Å². The Hall–Kier alpha value is -0.570. The van der Waals surface area contributed by atoms with E-state index in [0.717, 1.165) is 44.4 Å². The summed E-state index contributed by atoms with van der Waals surface area (Å²) in [5.74, 6) is 1.29. The van der Waals surface area contributed by atoms with Gasteiger partial charge in [0.25, 0.3) is 0 Å². The van der Waals surface area contributed by atoms with E-state index in [1.807, 2.05) is 0 Å². The van der Waals surface area contributed by atoms with Crippen molar-refractivity contribution < 1.29 is 9.53 Å². The van der Waals surface area contributed by atoms with Gasteiger partial charge in [0.1, 0.15) is 11.6 Å². The van der Waals surface area contributed by atoms with E-state index in [1.165, 1.54) is 19.3 Å². The summed E-state index contributed by atoms with van der Waals surface area (Å²) in [6.45, 7) is 4.46. The van der Waals surface area contributed by atoms with Crippen LogP contribution in [0, 0.1) is 11.8 Å². The Balaban J connectivity index is 1.86. The Morgan fingerprint density at radius 1 is 1.26 bits per heavy atom. The van der Waals surface area contributed by atoms with Crippen LogP contribution in [0.3, 0.4) is 0 Å². The van der Waals surface area contributed by atoms with E-state index in [9.17, 15) is 4.79 Å². The van der Waals surface area contributed by atoms with Gasteiger partial charge in [0.2, 0.25) is 0 Å². The molecule has 3 nitrogen and oxygen atoms in total. The van der Waals surface area contributed by atoms with Crippen molar-refractivity contribution in [2.45, 2.75) is 83.3 Å². The van der Waals surface area contributed by atoms with Gasteiger partial charge in [-0.3, -0.25) is 4.79 Å². The quantitative estimate of drug-likeness (QED) is 0.797. The molecule has 2 rings (SSSR count). The van der Waals surface area contributed by atoms with Gasteiger partial charge in [0.15, 0.2) is 0 Å². The fourth-order valence-electron chi connectivity index (χ4n) is 3.47. The first-order valence-electron chi connectivity index (χ1n) is 8.03. The SMILES string of the molecule is CCC1CCCC(OC(=O)C2(N)CCC(C)CC2)C1. The number of hydrogen-bond acceptors (Lipinski definition) is 3. The predicted octanol–water partition coefficient (Wildman–Crippen LogP) is 3.41. The minimum absolute atomic E-state index is 0.117. The molecule has 0 radical (unpaired) electrons. The first kappa shape index (κ1) is 14.8. The Bertz CT molecular complexity index is 308. The van der Waals surface area contributed by atoms with Crippen molar-refractivity contribution >= 4 is 5.97 Å². The lowest BCUT2D eigenvalue weighted by molar-refractivity contribution is -0.159. The number of nitrogens with two attached hydrogens (primary N) is 1. The van der Waals surface area contributed by atoms with Gasteiger partial charge in [0.05, 0.1) is 0 Å². The lowest BCUT2D eigenvalue weighted by Gasteiger charge is -2.36. The van der Waals surface area contributed by atoms with Crippen LogP contribution < -0.4 is 5.73 Å². The normalized spacial score (nSPS) is 39.8. The molecule has 0 amide bonds. The van der Waals surface area contributed by atoms with Crippen LogP contribution in [0.1, 0.15) is 71.6 Å². The van der Waals surface area contributed by atoms with Crippen LogP contribution in [-0.4, -0.2) is 17.6 Å². The number of rotatable bonds is 3. The highest BCUT2D eigenvalue weighted by atomic mass is 16.5. The third-order valence-electron chi connectivity index (χ3n) is 5.16. The van der Waals surface area contributed by atoms with Gasteiger partial charge in [-0.05, 0) is 56.8 Å². The van der Waals surface area contributed by atoms with Gasteiger partial charge in [-0.15, -0.1) is 0 Å². The first-order valence-corrected chi connectivity index (χ1v) is 8.03. The smallest absolute Gasteiger partial charge is 0.326 e. The Morgan fingerprint density at radius 2 is 1.95 bits per heavy atom. The largest absolute Gasteiger partial charge is 0.461 e. The highest BCUT2D eigenvalue weighted by molar-refractivity contribution is 5.80. The molecule has 19 heavy (non-hydrogen) atoms. The molecule has 3 heteroatoms. The minimum Gasteiger partial charge on any atom is -0.461 e. The summed E-state index contributed by atoms with van der Waals surface area (Å²) in [6.07, 6.45) is 9.52. The number of ether oxygens (including phenoxy) is 1. The molecular weight excluding hydrogens is 238 g/mol. The predicted molar refractivity (Wildman–Crippen MR) is 76.7 cm³/mol. The molecule has 0 spiro atoms. The van der Waals surface area contributed by atoms with Crippen molar-refractivity contribution in [3.05, 3.63) is 0 Å². The summed E-state index contributed by atoms with van der Waals surface area (Å²) in [5.41, 5.74) is 5.57. The molecule has 110 valence electrons. The summed E-state index contributed by atoms with van der Waals surface area (Å²) < 4.78 is 5.74. The second-order valence-corrected chi connectivity index (χ2v) is 6.81. The standard InChI is InChI=1S/C16H29NO2/c1-3-13-5-4-6-14(11-13)19-15(18)16(17)9-7-12(2)8-10-16/h12-14H,3-11,17H2,1-2H3. The van der Waals surface area contributed by atoms with Gasteiger partial charge in [-0.2, -0.15) is 0 Å². The Labute approximate surface area is 117 Å². The van der Waals surface area contributed by atoms with Gasteiger partial charge >= 0.3 is 5.97 Å². The second-order valence-electron chi connectivity index (χ2n) is 6.81. The van der Waals surface area contributed by atoms with E-state index < -0.39 is 5.54 Å². The minimum atomic E-state index is -0.703. The maximum Gasteiger partial charge on any atom is 0.326 e. The second kappa shape index (κ2) is 6.25. The molecule has 2 atom stereocenters. The average molecular weight is 267 g/mol. The van der Waals surface area contributed by atoms with Gasteiger partial charge < -0.3 is 10.5 Å². The van der Waals surface area contributed by atoms with Crippen molar-refractivity contribution in [2.75, 3.05) is 0 Å². The molecule has 0 aromatic rings. The molecule has 2 fully saturated rings. The van der Waals surface area contributed by atoms with E-state index in [4.69, 9.17) is 10.5 Å². The van der Waals surface area contributed by atoms with E-state index in [2.05, 4.69) is 13.8 Å². The number of carbonyl (C=O) groups excluding carboxylic acids is 1. The van der Waals surface area contributed by atoms with E-state index in [1.54, 1.807) is 0 Å². The molecule has 0 aromatic heterocycles. The molecule has 2 N–H and O–H groups in total.